The first-order valence-corrected chi connectivity index (χ1v) is 8.07. The highest BCUT2D eigenvalue weighted by Gasteiger charge is 2.13. The Balaban J connectivity index is 1.96. The maximum atomic E-state index is 5.40. The van der Waals surface area contributed by atoms with Crippen molar-refractivity contribution in [3.05, 3.63) is 36.7 Å². The van der Waals surface area contributed by atoms with Crippen molar-refractivity contribution >= 4 is 11.5 Å². The maximum Gasteiger partial charge on any atom is 0.165 e. The van der Waals surface area contributed by atoms with E-state index in [1.165, 1.54) is 0 Å². The Hall–Kier alpha value is -2.80. The van der Waals surface area contributed by atoms with Gasteiger partial charge in [0.1, 0.15) is 5.82 Å². The van der Waals surface area contributed by atoms with Crippen molar-refractivity contribution in [2.24, 2.45) is 0 Å². The fraction of sp³-hybridized carbons (Fsp3) is 0.333. The fourth-order valence-electron chi connectivity index (χ4n) is 2.64. The van der Waals surface area contributed by atoms with Crippen LogP contribution in [0.3, 0.4) is 0 Å². The maximum absolute atomic E-state index is 5.40. The SMILES string of the molecule is COc1ccc(-c2cnn3c(NCCN(C)C)ccnc23)cc1OC. The van der Waals surface area contributed by atoms with Crippen molar-refractivity contribution in [2.45, 2.75) is 0 Å². The number of likely N-dealkylation sites (N-methyl/N-ethyl adjacent to an activating group) is 1. The second-order valence-electron chi connectivity index (χ2n) is 5.92. The Morgan fingerprint density at radius 3 is 2.64 bits per heavy atom. The summed E-state index contributed by atoms with van der Waals surface area (Å²) in [5, 5.41) is 7.90. The number of fused-ring (bicyclic) bond motifs is 1. The van der Waals surface area contributed by atoms with E-state index in [0.717, 1.165) is 35.7 Å². The van der Waals surface area contributed by atoms with Crippen LogP contribution in [0.25, 0.3) is 16.8 Å². The first kappa shape index (κ1) is 17.0. The molecule has 1 N–H and O–H groups in total. The molecule has 0 aliphatic carbocycles. The van der Waals surface area contributed by atoms with Crippen LogP contribution in [0.1, 0.15) is 0 Å². The van der Waals surface area contributed by atoms with Gasteiger partial charge in [0.2, 0.25) is 0 Å². The fourth-order valence-corrected chi connectivity index (χ4v) is 2.64. The number of hydrogen-bond donors (Lipinski definition) is 1. The standard InChI is InChI=1S/C18H23N5O2/c1-22(2)10-9-19-17-7-8-20-18-14(12-21-23(17)18)13-5-6-15(24-3)16(11-13)25-4/h5-8,11-12,19H,9-10H2,1-4H3. The van der Waals surface area contributed by atoms with Crippen LogP contribution >= 0.6 is 0 Å². The lowest BCUT2D eigenvalue weighted by atomic mass is 10.1. The molecule has 0 aliphatic heterocycles. The van der Waals surface area contributed by atoms with Gasteiger partial charge in [-0.15, -0.1) is 0 Å². The molecular formula is C18H23N5O2. The summed E-state index contributed by atoms with van der Waals surface area (Å²) in [4.78, 5) is 6.63. The first-order valence-electron chi connectivity index (χ1n) is 8.07. The Morgan fingerprint density at radius 1 is 1.12 bits per heavy atom. The summed E-state index contributed by atoms with van der Waals surface area (Å²) in [7, 11) is 7.35. The summed E-state index contributed by atoms with van der Waals surface area (Å²) in [6.07, 6.45) is 3.61. The molecule has 25 heavy (non-hydrogen) atoms. The van der Waals surface area contributed by atoms with Crippen molar-refractivity contribution in [2.75, 3.05) is 46.7 Å². The second kappa shape index (κ2) is 7.40. The number of nitrogens with one attached hydrogen (secondary N) is 1. The third-order valence-electron chi connectivity index (χ3n) is 3.96. The lowest BCUT2D eigenvalue weighted by Gasteiger charge is -2.12. The highest BCUT2D eigenvalue weighted by Crippen LogP contribution is 2.33. The van der Waals surface area contributed by atoms with Crippen molar-refractivity contribution in [3.63, 3.8) is 0 Å². The number of nitrogens with zero attached hydrogens (tertiary/aromatic N) is 4. The molecule has 7 heteroatoms. The van der Waals surface area contributed by atoms with E-state index in [0.29, 0.717) is 11.5 Å². The van der Waals surface area contributed by atoms with E-state index in [1.54, 1.807) is 20.4 Å². The Kier molecular flexibility index (Phi) is 5.04. The zero-order valence-electron chi connectivity index (χ0n) is 15.0. The molecule has 7 nitrogen and oxygen atoms in total. The molecule has 0 saturated heterocycles. The van der Waals surface area contributed by atoms with Gasteiger partial charge in [0.05, 0.1) is 20.4 Å². The molecule has 2 heterocycles. The molecule has 1 aromatic carbocycles. The van der Waals surface area contributed by atoms with Gasteiger partial charge >= 0.3 is 0 Å². The molecule has 0 aliphatic rings. The normalized spacial score (nSPS) is 11.1. The first-order chi connectivity index (χ1) is 12.1. The van der Waals surface area contributed by atoms with E-state index in [4.69, 9.17) is 9.47 Å². The van der Waals surface area contributed by atoms with Crippen LogP contribution in [-0.4, -0.2) is 60.9 Å². The van der Waals surface area contributed by atoms with Crippen molar-refractivity contribution < 1.29 is 9.47 Å². The third-order valence-corrected chi connectivity index (χ3v) is 3.96. The van der Waals surface area contributed by atoms with Gasteiger partial charge in [-0.1, -0.05) is 6.07 Å². The highest BCUT2D eigenvalue weighted by molar-refractivity contribution is 5.79. The molecule has 3 rings (SSSR count). The van der Waals surface area contributed by atoms with Crippen molar-refractivity contribution in [3.8, 4) is 22.6 Å². The average Bonchev–Trinajstić information content (AvgIpc) is 3.05. The summed E-state index contributed by atoms with van der Waals surface area (Å²) in [5.74, 6) is 2.29. The number of ether oxygens (including phenoxy) is 2. The van der Waals surface area contributed by atoms with Crippen LogP contribution in [0.4, 0.5) is 5.82 Å². The molecule has 0 spiro atoms. The van der Waals surface area contributed by atoms with Gasteiger partial charge < -0.3 is 19.7 Å². The zero-order valence-corrected chi connectivity index (χ0v) is 15.0. The molecule has 0 fully saturated rings. The summed E-state index contributed by atoms with van der Waals surface area (Å²) in [6.45, 7) is 1.77. The zero-order chi connectivity index (χ0) is 17.8. The van der Waals surface area contributed by atoms with Gasteiger partial charge in [-0.05, 0) is 37.9 Å². The predicted molar refractivity (Wildman–Crippen MR) is 98.6 cm³/mol. The van der Waals surface area contributed by atoms with Crippen LogP contribution in [0.15, 0.2) is 36.7 Å². The number of rotatable bonds is 7. The molecule has 2 aromatic heterocycles. The van der Waals surface area contributed by atoms with Crippen LogP contribution in [0, 0.1) is 0 Å². The van der Waals surface area contributed by atoms with Gasteiger partial charge in [-0.3, -0.25) is 0 Å². The van der Waals surface area contributed by atoms with Crippen LogP contribution in [0.5, 0.6) is 11.5 Å². The summed E-state index contributed by atoms with van der Waals surface area (Å²) >= 11 is 0. The predicted octanol–water partition coefficient (Wildman–Crippen LogP) is 2.39. The van der Waals surface area contributed by atoms with E-state index < -0.39 is 0 Å². The van der Waals surface area contributed by atoms with Crippen LogP contribution < -0.4 is 14.8 Å². The van der Waals surface area contributed by atoms with E-state index in [9.17, 15) is 0 Å². The lowest BCUT2D eigenvalue weighted by Crippen LogP contribution is -2.21. The van der Waals surface area contributed by atoms with E-state index in [2.05, 4.69) is 20.3 Å². The van der Waals surface area contributed by atoms with Gasteiger partial charge in [0, 0.05) is 24.8 Å². The minimum atomic E-state index is 0.680. The van der Waals surface area contributed by atoms with Crippen molar-refractivity contribution in [1.29, 1.82) is 0 Å². The minimum Gasteiger partial charge on any atom is -0.493 e. The highest BCUT2D eigenvalue weighted by atomic mass is 16.5. The second-order valence-corrected chi connectivity index (χ2v) is 5.92. The summed E-state index contributed by atoms with van der Waals surface area (Å²) < 4.78 is 12.5. The molecule has 0 radical (unpaired) electrons. The van der Waals surface area contributed by atoms with E-state index in [-0.39, 0.29) is 0 Å². The summed E-state index contributed by atoms with van der Waals surface area (Å²) in [5.41, 5.74) is 2.71. The van der Waals surface area contributed by atoms with Gasteiger partial charge in [0.15, 0.2) is 17.1 Å². The molecule has 3 aromatic rings. The molecule has 0 atom stereocenters. The third kappa shape index (κ3) is 3.51. The molecule has 0 bridgehead atoms. The smallest absolute Gasteiger partial charge is 0.165 e. The number of aromatic nitrogens is 3. The topological polar surface area (TPSA) is 63.9 Å². The van der Waals surface area contributed by atoms with E-state index in [1.807, 2.05) is 49.1 Å². The number of anilines is 1. The Labute approximate surface area is 147 Å². The molecule has 132 valence electrons. The quantitative estimate of drug-likeness (QED) is 0.712. The van der Waals surface area contributed by atoms with Gasteiger partial charge in [-0.25, -0.2) is 4.98 Å². The van der Waals surface area contributed by atoms with Crippen LogP contribution in [0.2, 0.25) is 0 Å². The van der Waals surface area contributed by atoms with E-state index >= 15 is 0 Å². The number of hydrogen-bond acceptors (Lipinski definition) is 6. The van der Waals surface area contributed by atoms with Crippen LogP contribution in [-0.2, 0) is 0 Å². The molecule has 0 amide bonds. The molecule has 0 unspecified atom stereocenters. The average molecular weight is 341 g/mol. The Morgan fingerprint density at radius 2 is 1.92 bits per heavy atom. The van der Waals surface area contributed by atoms with Crippen molar-refractivity contribution in [1.82, 2.24) is 19.5 Å². The largest absolute Gasteiger partial charge is 0.493 e. The van der Waals surface area contributed by atoms with Gasteiger partial charge in [0.25, 0.3) is 0 Å². The monoisotopic (exact) mass is 341 g/mol. The Bertz CT molecular complexity index is 860. The minimum absolute atomic E-state index is 0.680. The molecular weight excluding hydrogens is 318 g/mol. The lowest BCUT2D eigenvalue weighted by molar-refractivity contribution is 0.355. The number of methoxy groups -OCH3 is 2. The summed E-state index contributed by atoms with van der Waals surface area (Å²) in [6, 6.07) is 7.72. The van der Waals surface area contributed by atoms with Gasteiger partial charge in [-0.2, -0.15) is 9.61 Å². The molecule has 0 saturated carbocycles. The number of benzene rings is 1.